The third-order valence-corrected chi connectivity index (χ3v) is 12.4. The molecule has 22 nitrogen and oxygen atoms in total. The summed E-state index contributed by atoms with van der Waals surface area (Å²) in [5, 5.41) is 59.9. The lowest BCUT2D eigenvalue weighted by molar-refractivity contribution is -0.306. The zero-order valence-electron chi connectivity index (χ0n) is 43.5. The first-order chi connectivity index (χ1) is 32.1. The van der Waals surface area contributed by atoms with E-state index in [1.54, 1.807) is 83.1 Å². The molecule has 22 heteroatoms. The van der Waals surface area contributed by atoms with Gasteiger partial charge in [-0.25, -0.2) is 19.2 Å². The number of likely N-dealkylation sites (N-methyl/N-ethyl adjacent to an activating group) is 1. The number of carbonyl (C=O) groups is 5. The molecular weight excluding hydrogens is 917 g/mol. The summed E-state index contributed by atoms with van der Waals surface area (Å²) >= 11 is 0. The quantitative estimate of drug-likeness (QED) is 0.123. The number of alkyl carbamates (subject to hydrolysis) is 2. The fourth-order valence-corrected chi connectivity index (χ4v) is 9.08. The third-order valence-electron chi connectivity index (χ3n) is 12.4. The third kappa shape index (κ3) is 15.9. The molecule has 70 heavy (non-hydrogen) atoms. The van der Waals surface area contributed by atoms with Gasteiger partial charge in [0.05, 0.1) is 37.4 Å². The van der Waals surface area contributed by atoms with Gasteiger partial charge in [-0.3, -0.25) is 4.79 Å². The summed E-state index contributed by atoms with van der Waals surface area (Å²) < 4.78 is 41.5. The van der Waals surface area contributed by atoms with Gasteiger partial charge in [-0.15, -0.1) is 0 Å². The number of likely N-dealkylation sites (tertiary alicyclic amines) is 1. The fraction of sp³-hybridized carbons (Fsp3) is 0.854. The van der Waals surface area contributed by atoms with Crippen LogP contribution >= 0.6 is 0 Å². The Bertz CT molecular complexity index is 1880. The smallest absolute Gasteiger partial charge is 0.410 e. The van der Waals surface area contributed by atoms with E-state index in [2.05, 4.69) is 21.3 Å². The monoisotopic (exact) mass is 999 g/mol. The van der Waals surface area contributed by atoms with Crippen LogP contribution in [0, 0.1) is 17.8 Å². The van der Waals surface area contributed by atoms with Crippen LogP contribution in [0.3, 0.4) is 0 Å². The largest absolute Gasteiger partial charge is 0.491 e. The molecule has 0 aromatic rings. The molecule has 12 atom stereocenters. The Labute approximate surface area is 412 Å². The van der Waals surface area contributed by atoms with Crippen LogP contribution in [0.2, 0.25) is 0 Å². The summed E-state index contributed by atoms with van der Waals surface area (Å²) in [7, 11) is 1.34. The van der Waals surface area contributed by atoms with Crippen molar-refractivity contribution in [1.29, 1.82) is 0 Å². The molecule has 2 aliphatic carbocycles. The first-order valence-electron chi connectivity index (χ1n) is 24.4. The van der Waals surface area contributed by atoms with Crippen LogP contribution in [0.5, 0.6) is 0 Å². The highest BCUT2D eigenvalue weighted by molar-refractivity contribution is 5.82. The van der Waals surface area contributed by atoms with Gasteiger partial charge in [-0.05, 0) is 134 Å². The average Bonchev–Trinajstić information content (AvgIpc) is 3.98. The van der Waals surface area contributed by atoms with Crippen LogP contribution in [0.15, 0.2) is 11.8 Å². The molecule has 0 radical (unpaired) electrons. The number of hydrogen-bond donors (Lipinski definition) is 8. The van der Waals surface area contributed by atoms with Crippen molar-refractivity contribution in [2.75, 3.05) is 39.8 Å². The van der Waals surface area contributed by atoms with Crippen molar-refractivity contribution in [2.45, 2.75) is 205 Å². The molecule has 0 spiro atoms. The molecule has 0 aromatic heterocycles. The molecule has 8 N–H and O–H groups in total. The predicted molar refractivity (Wildman–Crippen MR) is 252 cm³/mol. The van der Waals surface area contributed by atoms with E-state index in [9.17, 15) is 44.4 Å². The highest BCUT2D eigenvalue weighted by Gasteiger charge is 2.57. The highest BCUT2D eigenvalue weighted by Crippen LogP contribution is 2.39. The summed E-state index contributed by atoms with van der Waals surface area (Å²) in [6, 6.07) is -4.63. The molecule has 4 fully saturated rings. The van der Waals surface area contributed by atoms with E-state index >= 15 is 0 Å². The van der Waals surface area contributed by atoms with E-state index in [1.165, 1.54) is 18.9 Å². The van der Waals surface area contributed by atoms with E-state index in [-0.39, 0.29) is 25.9 Å². The summed E-state index contributed by atoms with van der Waals surface area (Å²) in [6.07, 6.45) is -8.58. The second-order valence-electron chi connectivity index (χ2n) is 23.7. The maximum absolute atomic E-state index is 14.1. The lowest BCUT2D eigenvalue weighted by Gasteiger charge is -2.52. The maximum atomic E-state index is 14.1. The lowest BCUT2D eigenvalue weighted by Crippen LogP contribution is -2.71. The van der Waals surface area contributed by atoms with Crippen LogP contribution in [0.25, 0.3) is 0 Å². The molecule has 3 aliphatic heterocycles. The van der Waals surface area contributed by atoms with Crippen molar-refractivity contribution < 1.29 is 77.6 Å². The Morgan fingerprint density at radius 1 is 0.814 bits per heavy atom. The van der Waals surface area contributed by atoms with Crippen LogP contribution in [-0.2, 0) is 38.0 Å². The number of amides is 5. The summed E-state index contributed by atoms with van der Waals surface area (Å²) in [4.78, 5) is 69.8. The van der Waals surface area contributed by atoms with Gasteiger partial charge in [0.1, 0.15) is 58.2 Å². The normalized spacial score (nSPS) is 31.4. The van der Waals surface area contributed by atoms with Crippen LogP contribution in [-0.4, -0.2) is 189 Å². The molecule has 400 valence electrons. The van der Waals surface area contributed by atoms with Crippen molar-refractivity contribution in [3.63, 3.8) is 0 Å². The fourth-order valence-electron chi connectivity index (χ4n) is 9.08. The molecule has 2 saturated heterocycles. The molecule has 5 amide bonds. The zero-order valence-corrected chi connectivity index (χ0v) is 43.5. The van der Waals surface area contributed by atoms with Gasteiger partial charge in [0.2, 0.25) is 5.91 Å². The molecule has 0 bridgehead atoms. The van der Waals surface area contributed by atoms with Crippen molar-refractivity contribution in [3.05, 3.63) is 11.8 Å². The number of aliphatic hydroxyl groups excluding tert-OH is 3. The summed E-state index contributed by atoms with van der Waals surface area (Å²) in [5.74, 6) is -1.72. The highest BCUT2D eigenvalue weighted by atomic mass is 16.7. The minimum atomic E-state index is -1.85. The molecular formula is C48H82N6O16. The Balaban J connectivity index is 1.53. The van der Waals surface area contributed by atoms with Crippen LogP contribution in [0.1, 0.15) is 116 Å². The van der Waals surface area contributed by atoms with E-state index in [4.69, 9.17) is 33.2 Å². The lowest BCUT2D eigenvalue weighted by atomic mass is 9.72. The van der Waals surface area contributed by atoms with Gasteiger partial charge < -0.3 is 84.7 Å². The van der Waals surface area contributed by atoms with Crippen molar-refractivity contribution >= 4 is 30.3 Å². The topological polar surface area (TPSA) is 285 Å². The standard InChI is InChI=1S/C48H82N6O16/c1-44(2,3)67-40(59)51-28-18-17-27(21-49-20-25-15-16-25)65-35(28)31-29(52-41(60)68-45(4,5)6)19-30(50-38(58)32(55)26-22-54(23-26)43(62)70-47(10,11)12)36(33(31)56)66-39-34(57)37(48(13,63)24-64-39)53(14)42(61)69-46(7,8)9/h17,25-26,28-37,39,49,55-57,63H,15-16,18-24H2,1-14H3,(H,50,58)(H,51,59)(H,52,60)/t28-,29+,30-,31?,32?,33+,34-,35+,36+,37-,39-,48+/m1/s1. The molecule has 2 saturated carbocycles. The number of ether oxygens (including phenoxy) is 7. The number of hydrogen-bond acceptors (Lipinski definition) is 17. The number of carbonyl (C=O) groups excluding carboxylic acids is 5. The molecule has 5 aliphatic rings. The van der Waals surface area contributed by atoms with Crippen LogP contribution < -0.4 is 21.3 Å². The minimum absolute atomic E-state index is 0.00657. The number of aliphatic hydroxyl groups is 4. The first kappa shape index (κ1) is 56.7. The Kier molecular flexibility index (Phi) is 17.7. The number of nitrogens with one attached hydrogen (secondary N) is 4. The molecule has 5 rings (SSSR count). The SMILES string of the molecule is CN(C(=O)OC(C)(C)C)[C@@H]1[C@@H](O)[C@@H](O[C@H]2[C@H](NC(=O)C(O)C3CN(C(=O)OC(C)(C)C)C3)C[C@H](NC(=O)OC(C)(C)C)C([C@H]3OC(CNCC4CC4)=CC[C@H]3NC(=O)OC(C)(C)C)[C@@H]2O)OC[C@]1(C)O. The van der Waals surface area contributed by atoms with Crippen molar-refractivity contribution in [1.82, 2.24) is 31.1 Å². The van der Waals surface area contributed by atoms with E-state index in [0.29, 0.717) is 18.2 Å². The molecule has 2 unspecified atom stereocenters. The predicted octanol–water partition coefficient (Wildman–Crippen LogP) is 2.63. The van der Waals surface area contributed by atoms with Gasteiger partial charge in [0.25, 0.3) is 0 Å². The van der Waals surface area contributed by atoms with Crippen LogP contribution in [0.4, 0.5) is 19.2 Å². The van der Waals surface area contributed by atoms with E-state index in [0.717, 1.165) is 24.3 Å². The molecule has 3 heterocycles. The van der Waals surface area contributed by atoms with Gasteiger partial charge in [-0.1, -0.05) is 0 Å². The number of rotatable bonds is 13. The van der Waals surface area contributed by atoms with Gasteiger partial charge in [0.15, 0.2) is 6.29 Å². The van der Waals surface area contributed by atoms with Gasteiger partial charge in [-0.2, -0.15) is 0 Å². The second-order valence-corrected chi connectivity index (χ2v) is 23.7. The van der Waals surface area contributed by atoms with Crippen molar-refractivity contribution in [2.24, 2.45) is 17.8 Å². The van der Waals surface area contributed by atoms with E-state index in [1.807, 2.05) is 6.08 Å². The molecule has 0 aromatic carbocycles. The Morgan fingerprint density at radius 3 is 1.91 bits per heavy atom. The zero-order chi connectivity index (χ0) is 52.5. The number of nitrogens with zero attached hydrogens (tertiary/aromatic N) is 2. The second kappa shape index (κ2) is 21.9. The first-order valence-corrected chi connectivity index (χ1v) is 24.4. The minimum Gasteiger partial charge on any atom is -0.491 e. The maximum Gasteiger partial charge on any atom is 0.410 e. The van der Waals surface area contributed by atoms with Gasteiger partial charge in [0, 0.05) is 38.0 Å². The average molecular weight is 999 g/mol. The summed E-state index contributed by atoms with van der Waals surface area (Å²) in [6.45, 7) is 22.3. The Hall–Kier alpha value is -4.19. The van der Waals surface area contributed by atoms with Gasteiger partial charge >= 0.3 is 24.4 Å². The van der Waals surface area contributed by atoms with Crippen molar-refractivity contribution in [3.8, 4) is 0 Å². The Morgan fingerprint density at radius 2 is 1.37 bits per heavy atom. The summed E-state index contributed by atoms with van der Waals surface area (Å²) in [5.41, 5.74) is -5.39. The van der Waals surface area contributed by atoms with E-state index < -0.39 is 138 Å².